The van der Waals surface area contributed by atoms with Crippen LogP contribution in [0.1, 0.15) is 12.2 Å². The van der Waals surface area contributed by atoms with Gasteiger partial charge < -0.3 is 20.0 Å². The van der Waals surface area contributed by atoms with Crippen LogP contribution < -0.4 is 15.5 Å². The number of rotatable bonds is 7. The molecule has 2 heterocycles. The molecule has 11 heteroatoms. The Bertz CT molecular complexity index is 946. The molecule has 0 radical (unpaired) electrons. The monoisotopic (exact) mass is 404 g/mol. The summed E-state index contributed by atoms with van der Waals surface area (Å²) < 4.78 is 18.6. The third-order valence-electron chi connectivity index (χ3n) is 4.40. The van der Waals surface area contributed by atoms with Gasteiger partial charge in [-0.3, -0.25) is 24.5 Å². The molecule has 3 amide bonds. The first-order valence-corrected chi connectivity index (χ1v) is 8.66. The van der Waals surface area contributed by atoms with Crippen molar-refractivity contribution in [2.75, 3.05) is 18.0 Å². The number of nitro groups is 1. The van der Waals surface area contributed by atoms with E-state index in [1.807, 2.05) is 0 Å². The van der Waals surface area contributed by atoms with Gasteiger partial charge in [-0.15, -0.1) is 0 Å². The molecule has 0 aliphatic carbocycles. The molecular formula is C18H17FN4O6. The lowest BCUT2D eigenvalue weighted by atomic mass is 10.1. The molecule has 1 atom stereocenters. The van der Waals surface area contributed by atoms with E-state index in [2.05, 4.69) is 10.6 Å². The van der Waals surface area contributed by atoms with Crippen molar-refractivity contribution in [2.24, 2.45) is 5.92 Å². The van der Waals surface area contributed by atoms with Crippen molar-refractivity contribution >= 4 is 29.1 Å². The maximum atomic E-state index is 13.5. The normalized spacial score (nSPS) is 16.0. The average Bonchev–Trinajstić information content (AvgIpc) is 3.34. The largest absolute Gasteiger partial charge is 0.467 e. The number of carbonyl (C=O) groups is 3. The van der Waals surface area contributed by atoms with Crippen molar-refractivity contribution in [3.05, 3.63) is 58.3 Å². The number of amides is 3. The summed E-state index contributed by atoms with van der Waals surface area (Å²) in [5.41, 5.74) is -0.619. The van der Waals surface area contributed by atoms with Gasteiger partial charge in [0.15, 0.2) is 0 Å². The minimum Gasteiger partial charge on any atom is -0.467 e. The maximum absolute atomic E-state index is 13.5. The lowest BCUT2D eigenvalue weighted by molar-refractivity contribution is -0.387. The van der Waals surface area contributed by atoms with E-state index in [4.69, 9.17) is 4.42 Å². The molecule has 0 saturated carbocycles. The Morgan fingerprint density at radius 1 is 1.31 bits per heavy atom. The summed E-state index contributed by atoms with van der Waals surface area (Å²) in [7, 11) is 0. The fourth-order valence-electron chi connectivity index (χ4n) is 2.91. The number of carbonyl (C=O) groups excluding carboxylic acids is 3. The van der Waals surface area contributed by atoms with E-state index in [0.29, 0.717) is 5.76 Å². The van der Waals surface area contributed by atoms with Gasteiger partial charge in [0.25, 0.3) is 0 Å². The van der Waals surface area contributed by atoms with Gasteiger partial charge in [-0.25, -0.2) is 0 Å². The van der Waals surface area contributed by atoms with Gasteiger partial charge in [0.2, 0.25) is 23.5 Å². The highest BCUT2D eigenvalue weighted by Gasteiger charge is 2.36. The Labute approximate surface area is 163 Å². The zero-order valence-corrected chi connectivity index (χ0v) is 15.1. The first-order chi connectivity index (χ1) is 13.8. The van der Waals surface area contributed by atoms with Gasteiger partial charge in [-0.05, 0) is 24.3 Å². The molecule has 1 saturated heterocycles. The van der Waals surface area contributed by atoms with Crippen molar-refractivity contribution in [2.45, 2.75) is 13.0 Å². The van der Waals surface area contributed by atoms with E-state index in [1.54, 1.807) is 12.1 Å². The maximum Gasteiger partial charge on any atom is 0.306 e. The van der Waals surface area contributed by atoms with Gasteiger partial charge in [0.1, 0.15) is 5.76 Å². The standard InChI is InChI=1S/C18H17FN4O6/c19-14-4-3-12(7-15(14)23(27)28)22-10-11(6-17(22)25)18(26)21-9-16(24)20-8-13-2-1-5-29-13/h1-5,7,11H,6,8-10H2,(H,20,24)(H,21,26). The van der Waals surface area contributed by atoms with Crippen LogP contribution in [0.4, 0.5) is 15.8 Å². The SMILES string of the molecule is O=C(CNC(=O)C1CC(=O)N(c2ccc(F)c([N+](=O)[O-])c2)C1)NCc1ccco1. The van der Waals surface area contributed by atoms with Crippen LogP contribution in [0.25, 0.3) is 0 Å². The van der Waals surface area contributed by atoms with Crippen LogP contribution in [0.5, 0.6) is 0 Å². The zero-order chi connectivity index (χ0) is 21.0. The molecule has 0 bridgehead atoms. The van der Waals surface area contributed by atoms with Gasteiger partial charge >= 0.3 is 5.69 Å². The predicted octanol–water partition coefficient (Wildman–Crippen LogP) is 1.11. The number of hydrogen-bond donors (Lipinski definition) is 2. The molecule has 2 aromatic rings. The molecule has 0 spiro atoms. The second-order valence-corrected chi connectivity index (χ2v) is 6.37. The Morgan fingerprint density at radius 2 is 2.10 bits per heavy atom. The highest BCUT2D eigenvalue weighted by molar-refractivity contribution is 6.01. The molecule has 2 N–H and O–H groups in total. The highest BCUT2D eigenvalue weighted by atomic mass is 19.1. The number of nitro benzene ring substituents is 1. The number of anilines is 1. The quantitative estimate of drug-likeness (QED) is 0.524. The summed E-state index contributed by atoms with van der Waals surface area (Å²) in [5.74, 6) is -2.52. The molecule has 152 valence electrons. The summed E-state index contributed by atoms with van der Waals surface area (Å²) in [4.78, 5) is 47.5. The molecule has 3 rings (SSSR count). The van der Waals surface area contributed by atoms with E-state index in [-0.39, 0.29) is 31.7 Å². The third-order valence-corrected chi connectivity index (χ3v) is 4.40. The van der Waals surface area contributed by atoms with E-state index in [0.717, 1.165) is 12.1 Å². The number of furan rings is 1. The Balaban J connectivity index is 1.54. The molecule has 10 nitrogen and oxygen atoms in total. The van der Waals surface area contributed by atoms with E-state index in [9.17, 15) is 28.9 Å². The van der Waals surface area contributed by atoms with Crippen molar-refractivity contribution in [1.29, 1.82) is 0 Å². The molecule has 29 heavy (non-hydrogen) atoms. The Hall–Kier alpha value is -3.76. The van der Waals surface area contributed by atoms with Gasteiger partial charge in [-0.2, -0.15) is 4.39 Å². The fourth-order valence-corrected chi connectivity index (χ4v) is 2.91. The molecule has 1 aliphatic heterocycles. The van der Waals surface area contributed by atoms with E-state index in [1.165, 1.54) is 17.2 Å². The lowest BCUT2D eigenvalue weighted by Gasteiger charge is -2.16. The minimum atomic E-state index is -1.01. The molecule has 1 unspecified atom stereocenters. The first-order valence-electron chi connectivity index (χ1n) is 8.66. The van der Waals surface area contributed by atoms with E-state index < -0.39 is 40.1 Å². The number of benzene rings is 1. The van der Waals surface area contributed by atoms with Crippen LogP contribution in [-0.2, 0) is 20.9 Å². The smallest absolute Gasteiger partial charge is 0.306 e. The third kappa shape index (κ3) is 4.75. The van der Waals surface area contributed by atoms with Gasteiger partial charge in [0.05, 0.1) is 35.9 Å². The second kappa shape index (κ2) is 8.50. The fraction of sp³-hybridized carbons (Fsp3) is 0.278. The van der Waals surface area contributed by atoms with E-state index >= 15 is 0 Å². The average molecular weight is 404 g/mol. The summed E-state index contributed by atoms with van der Waals surface area (Å²) in [6.45, 7) is -0.117. The molecule has 1 aromatic heterocycles. The summed E-state index contributed by atoms with van der Waals surface area (Å²) >= 11 is 0. The Kier molecular flexibility index (Phi) is 5.86. The Morgan fingerprint density at radius 3 is 2.79 bits per heavy atom. The van der Waals surface area contributed by atoms with Crippen molar-refractivity contribution in [1.82, 2.24) is 10.6 Å². The predicted molar refractivity (Wildman–Crippen MR) is 97.1 cm³/mol. The van der Waals surface area contributed by atoms with Gasteiger partial charge in [-0.1, -0.05) is 0 Å². The molecular weight excluding hydrogens is 387 g/mol. The number of nitrogens with one attached hydrogen (secondary N) is 2. The lowest BCUT2D eigenvalue weighted by Crippen LogP contribution is -2.40. The van der Waals surface area contributed by atoms with Crippen LogP contribution in [0.2, 0.25) is 0 Å². The second-order valence-electron chi connectivity index (χ2n) is 6.37. The van der Waals surface area contributed by atoms with Crippen LogP contribution in [0.15, 0.2) is 41.0 Å². The number of nitrogens with zero attached hydrogens (tertiary/aromatic N) is 2. The van der Waals surface area contributed by atoms with Gasteiger partial charge in [0, 0.05) is 19.0 Å². The first kappa shape index (κ1) is 20.0. The molecule has 1 fully saturated rings. The van der Waals surface area contributed by atoms with Crippen molar-refractivity contribution < 1.29 is 28.1 Å². The van der Waals surface area contributed by atoms with Crippen LogP contribution in [0, 0.1) is 21.8 Å². The minimum absolute atomic E-state index is 0.0263. The van der Waals surface area contributed by atoms with Crippen molar-refractivity contribution in [3.8, 4) is 0 Å². The number of hydrogen-bond acceptors (Lipinski definition) is 6. The highest BCUT2D eigenvalue weighted by Crippen LogP contribution is 2.29. The van der Waals surface area contributed by atoms with Crippen LogP contribution in [0.3, 0.4) is 0 Å². The van der Waals surface area contributed by atoms with Crippen LogP contribution >= 0.6 is 0 Å². The molecule has 1 aromatic carbocycles. The summed E-state index contributed by atoms with van der Waals surface area (Å²) in [6.07, 6.45) is 1.35. The number of halogens is 1. The molecule has 1 aliphatic rings. The van der Waals surface area contributed by atoms with Crippen LogP contribution in [-0.4, -0.2) is 35.7 Å². The zero-order valence-electron chi connectivity index (χ0n) is 15.1. The van der Waals surface area contributed by atoms with Crippen molar-refractivity contribution in [3.63, 3.8) is 0 Å². The summed E-state index contributed by atoms with van der Waals surface area (Å²) in [6, 6.07) is 6.47. The topological polar surface area (TPSA) is 135 Å². The summed E-state index contributed by atoms with van der Waals surface area (Å²) in [5, 5.41) is 15.9.